The molecule has 0 aromatic carbocycles. The molecule has 0 saturated heterocycles. The lowest BCUT2D eigenvalue weighted by Crippen LogP contribution is -2.33. The summed E-state index contributed by atoms with van der Waals surface area (Å²) in [5.41, 5.74) is 0.333. The van der Waals surface area contributed by atoms with E-state index in [0.29, 0.717) is 12.2 Å². The molecule has 0 radical (unpaired) electrons. The van der Waals surface area contributed by atoms with Crippen LogP contribution in [0.25, 0.3) is 0 Å². The Kier molecular flexibility index (Phi) is 6.74. The van der Waals surface area contributed by atoms with Gasteiger partial charge in [-0.1, -0.05) is 26.7 Å². The Morgan fingerprint density at radius 3 is 2.57 bits per heavy atom. The largest absolute Gasteiger partial charge is 0.348 e. The minimum absolute atomic E-state index is 0.0380. The molecule has 120 valence electrons. The summed E-state index contributed by atoms with van der Waals surface area (Å²) in [4.78, 5) is 12.2. The third kappa shape index (κ3) is 5.36. The smallest absolute Gasteiger partial charge is 0.268 e. The second-order valence-corrected chi connectivity index (χ2v) is 7.77. The van der Waals surface area contributed by atoms with Crippen LogP contribution in [0.2, 0.25) is 0 Å². The number of carbonyl (C=O) groups is 1. The van der Waals surface area contributed by atoms with Crippen LogP contribution in [-0.2, 0) is 15.6 Å². The third-order valence-corrected chi connectivity index (χ3v) is 4.54. The molecule has 1 heterocycles. The zero-order valence-corrected chi connectivity index (χ0v) is 14.3. The number of rotatable bonds is 8. The lowest BCUT2D eigenvalue weighted by atomic mass is 10.1. The van der Waals surface area contributed by atoms with Crippen LogP contribution >= 0.6 is 10.7 Å². The lowest BCUT2D eigenvalue weighted by Gasteiger charge is -2.14. The monoisotopic (exact) mass is 334 g/mol. The Bertz CT molecular complexity index is 581. The van der Waals surface area contributed by atoms with Gasteiger partial charge in [0.05, 0.1) is 0 Å². The number of hydrogen-bond donors (Lipinski definition) is 1. The maximum Gasteiger partial charge on any atom is 0.268 e. The zero-order valence-electron chi connectivity index (χ0n) is 12.7. The summed E-state index contributed by atoms with van der Waals surface area (Å²) in [6.07, 6.45) is 5.22. The highest BCUT2D eigenvalue weighted by molar-refractivity contribution is 8.13. The molecule has 0 aliphatic carbocycles. The SMILES string of the molecule is CCCCC(C)NC(=O)c1cc(S(=O)(=O)Cl)cn1CCC. The van der Waals surface area contributed by atoms with Gasteiger partial charge in [-0.15, -0.1) is 0 Å². The predicted octanol–water partition coefficient (Wildman–Crippen LogP) is 3.13. The zero-order chi connectivity index (χ0) is 16.0. The molecule has 0 spiro atoms. The van der Waals surface area contributed by atoms with E-state index in [-0.39, 0.29) is 16.8 Å². The molecule has 5 nitrogen and oxygen atoms in total. The van der Waals surface area contributed by atoms with E-state index in [0.717, 1.165) is 25.7 Å². The number of halogens is 1. The van der Waals surface area contributed by atoms with Gasteiger partial charge in [0, 0.05) is 29.5 Å². The van der Waals surface area contributed by atoms with Gasteiger partial charge < -0.3 is 9.88 Å². The number of amides is 1. The van der Waals surface area contributed by atoms with Crippen molar-refractivity contribution in [3.8, 4) is 0 Å². The summed E-state index contributed by atoms with van der Waals surface area (Å²) >= 11 is 0. The summed E-state index contributed by atoms with van der Waals surface area (Å²) in [7, 11) is 1.52. The first-order chi connectivity index (χ1) is 9.79. The molecule has 1 N–H and O–H groups in total. The van der Waals surface area contributed by atoms with Crippen molar-refractivity contribution in [1.29, 1.82) is 0 Å². The maximum absolute atomic E-state index is 12.3. The van der Waals surface area contributed by atoms with Crippen LogP contribution in [0, 0.1) is 0 Å². The molecule has 1 amide bonds. The number of carbonyl (C=O) groups excluding carboxylic acids is 1. The summed E-state index contributed by atoms with van der Waals surface area (Å²) in [5.74, 6) is -0.265. The maximum atomic E-state index is 12.3. The number of unbranched alkanes of at least 4 members (excludes halogenated alkanes) is 1. The first kappa shape index (κ1) is 18.0. The van der Waals surface area contributed by atoms with Crippen molar-refractivity contribution in [3.63, 3.8) is 0 Å². The quantitative estimate of drug-likeness (QED) is 0.742. The Hall–Kier alpha value is -1.01. The average molecular weight is 335 g/mol. The fraction of sp³-hybridized carbons (Fsp3) is 0.643. The van der Waals surface area contributed by atoms with Crippen molar-refractivity contribution in [2.75, 3.05) is 0 Å². The molecule has 0 bridgehead atoms. The van der Waals surface area contributed by atoms with Gasteiger partial charge in [-0.25, -0.2) is 8.42 Å². The van der Waals surface area contributed by atoms with Crippen LogP contribution in [0.15, 0.2) is 17.2 Å². The molecule has 1 aromatic heterocycles. The van der Waals surface area contributed by atoms with Crippen molar-refractivity contribution in [1.82, 2.24) is 9.88 Å². The summed E-state index contributed by atoms with van der Waals surface area (Å²) in [6.45, 7) is 6.57. The van der Waals surface area contributed by atoms with Gasteiger partial charge in [-0.05, 0) is 25.8 Å². The van der Waals surface area contributed by atoms with Gasteiger partial charge in [0.25, 0.3) is 15.0 Å². The van der Waals surface area contributed by atoms with E-state index in [9.17, 15) is 13.2 Å². The van der Waals surface area contributed by atoms with Gasteiger partial charge >= 0.3 is 0 Å². The van der Waals surface area contributed by atoms with Crippen LogP contribution in [0.3, 0.4) is 0 Å². The highest BCUT2D eigenvalue weighted by Crippen LogP contribution is 2.19. The van der Waals surface area contributed by atoms with E-state index in [1.807, 2.05) is 13.8 Å². The molecular formula is C14H23ClN2O3S. The lowest BCUT2D eigenvalue weighted by molar-refractivity contribution is 0.0928. The molecule has 0 fully saturated rings. The average Bonchev–Trinajstić information content (AvgIpc) is 2.81. The van der Waals surface area contributed by atoms with Crippen LogP contribution in [0.4, 0.5) is 0 Å². The molecule has 0 aliphatic rings. The summed E-state index contributed by atoms with van der Waals surface area (Å²) < 4.78 is 24.5. The second-order valence-electron chi connectivity index (χ2n) is 5.21. The Labute approximate surface area is 131 Å². The topological polar surface area (TPSA) is 68.2 Å². The Morgan fingerprint density at radius 1 is 1.38 bits per heavy atom. The molecular weight excluding hydrogens is 312 g/mol. The van der Waals surface area contributed by atoms with Crippen LogP contribution in [0.1, 0.15) is 56.9 Å². The van der Waals surface area contributed by atoms with E-state index < -0.39 is 9.05 Å². The van der Waals surface area contributed by atoms with Crippen molar-refractivity contribution in [2.24, 2.45) is 0 Å². The highest BCUT2D eigenvalue weighted by Gasteiger charge is 2.20. The Morgan fingerprint density at radius 2 is 2.05 bits per heavy atom. The van der Waals surface area contributed by atoms with E-state index in [2.05, 4.69) is 12.2 Å². The molecule has 7 heteroatoms. The van der Waals surface area contributed by atoms with E-state index in [1.165, 1.54) is 12.3 Å². The molecule has 0 saturated carbocycles. The van der Waals surface area contributed by atoms with Gasteiger partial charge in [-0.3, -0.25) is 4.79 Å². The fourth-order valence-electron chi connectivity index (χ4n) is 2.11. The van der Waals surface area contributed by atoms with Crippen LogP contribution in [0.5, 0.6) is 0 Å². The molecule has 21 heavy (non-hydrogen) atoms. The Balaban J connectivity index is 2.94. The van der Waals surface area contributed by atoms with Crippen LogP contribution < -0.4 is 5.32 Å². The van der Waals surface area contributed by atoms with Crippen molar-refractivity contribution in [2.45, 2.75) is 63.9 Å². The first-order valence-corrected chi connectivity index (χ1v) is 9.56. The van der Waals surface area contributed by atoms with Crippen LogP contribution in [-0.4, -0.2) is 24.9 Å². The van der Waals surface area contributed by atoms with Gasteiger partial charge in [0.15, 0.2) is 0 Å². The van der Waals surface area contributed by atoms with Gasteiger partial charge in [-0.2, -0.15) is 0 Å². The molecule has 1 atom stereocenters. The van der Waals surface area contributed by atoms with Crippen molar-refractivity contribution in [3.05, 3.63) is 18.0 Å². The number of hydrogen-bond acceptors (Lipinski definition) is 3. The van der Waals surface area contributed by atoms with E-state index in [4.69, 9.17) is 10.7 Å². The van der Waals surface area contributed by atoms with Gasteiger partial charge in [0.2, 0.25) is 0 Å². The normalized spacial score (nSPS) is 13.1. The predicted molar refractivity (Wildman–Crippen MR) is 84.2 cm³/mol. The molecule has 1 rings (SSSR count). The third-order valence-electron chi connectivity index (χ3n) is 3.22. The minimum atomic E-state index is -3.83. The second kappa shape index (κ2) is 7.84. The fourth-order valence-corrected chi connectivity index (χ4v) is 2.87. The van der Waals surface area contributed by atoms with Crippen molar-refractivity contribution >= 4 is 25.6 Å². The molecule has 1 unspecified atom stereocenters. The molecule has 1 aromatic rings. The number of aromatic nitrogens is 1. The standard InChI is InChI=1S/C14H23ClN2O3S/c1-4-6-7-11(3)16-14(18)13-9-12(21(15,19)20)10-17(13)8-5-2/h9-11H,4-8H2,1-3H3,(H,16,18). The van der Waals surface area contributed by atoms with E-state index in [1.54, 1.807) is 4.57 Å². The van der Waals surface area contributed by atoms with Crippen molar-refractivity contribution < 1.29 is 13.2 Å². The minimum Gasteiger partial charge on any atom is -0.348 e. The molecule has 0 aliphatic heterocycles. The number of aryl methyl sites for hydroxylation is 1. The highest BCUT2D eigenvalue weighted by atomic mass is 35.7. The van der Waals surface area contributed by atoms with E-state index >= 15 is 0 Å². The number of nitrogens with one attached hydrogen (secondary N) is 1. The van der Waals surface area contributed by atoms with Gasteiger partial charge in [0.1, 0.15) is 10.6 Å². The summed E-state index contributed by atoms with van der Waals surface area (Å²) in [6, 6.07) is 1.39. The first-order valence-electron chi connectivity index (χ1n) is 7.25. The summed E-state index contributed by atoms with van der Waals surface area (Å²) in [5, 5.41) is 2.90. The number of nitrogens with zero attached hydrogens (tertiary/aromatic N) is 1.